The first-order chi connectivity index (χ1) is 13.4. The number of carbonyl (C=O) groups is 1. The summed E-state index contributed by atoms with van der Waals surface area (Å²) in [6.45, 7) is 8.31. The summed E-state index contributed by atoms with van der Waals surface area (Å²) < 4.78 is 30.9. The number of benzene rings is 1. The van der Waals surface area contributed by atoms with Crippen molar-refractivity contribution in [1.82, 2.24) is 5.43 Å². The number of hydrazone groups is 1. The second-order valence-electron chi connectivity index (χ2n) is 8.73. The van der Waals surface area contributed by atoms with Gasteiger partial charge in [0, 0.05) is 5.71 Å². The highest BCUT2D eigenvalue weighted by Gasteiger charge is 2.30. The molecule has 0 spiro atoms. The number of amides is 1. The van der Waals surface area contributed by atoms with Crippen LogP contribution in [0.5, 0.6) is 5.75 Å². The van der Waals surface area contributed by atoms with E-state index in [9.17, 15) is 13.2 Å². The summed E-state index contributed by atoms with van der Waals surface area (Å²) in [5, 5.41) is 4.28. The summed E-state index contributed by atoms with van der Waals surface area (Å²) in [6.07, 6.45) is 4.89. The van der Waals surface area contributed by atoms with Crippen LogP contribution in [-0.2, 0) is 14.8 Å². The minimum Gasteiger partial charge on any atom is -0.497 e. The lowest BCUT2D eigenvalue weighted by Crippen LogP contribution is -2.47. The third kappa shape index (κ3) is 6.19. The van der Waals surface area contributed by atoms with Gasteiger partial charge in [-0.1, -0.05) is 20.8 Å². The van der Waals surface area contributed by atoms with E-state index < -0.39 is 22.0 Å². The average Bonchev–Trinajstić information content (AvgIpc) is 2.65. The smallest absolute Gasteiger partial charge is 0.263 e. The Morgan fingerprint density at radius 1 is 1.21 bits per heavy atom. The van der Waals surface area contributed by atoms with Gasteiger partial charge < -0.3 is 4.74 Å². The quantitative estimate of drug-likeness (QED) is 0.709. The van der Waals surface area contributed by atoms with Gasteiger partial charge in [0.05, 0.1) is 19.1 Å². The molecule has 8 heteroatoms. The summed E-state index contributed by atoms with van der Waals surface area (Å²) in [7, 11) is -2.13. The lowest BCUT2D eigenvalue weighted by atomic mass is 9.72. The van der Waals surface area contributed by atoms with Crippen molar-refractivity contribution in [3.63, 3.8) is 0 Å². The van der Waals surface area contributed by atoms with E-state index in [0.29, 0.717) is 17.4 Å². The minimum atomic E-state index is -3.67. The van der Waals surface area contributed by atoms with E-state index in [1.165, 1.54) is 7.11 Å². The Balaban J connectivity index is 2.08. The number of hydrogen-bond acceptors (Lipinski definition) is 5. The number of rotatable bonds is 6. The molecule has 1 aromatic carbocycles. The minimum absolute atomic E-state index is 0.275. The molecule has 1 aliphatic rings. The number of hydrogen-bond donors (Lipinski definition) is 1. The lowest BCUT2D eigenvalue weighted by Gasteiger charge is -2.34. The largest absolute Gasteiger partial charge is 0.497 e. The molecular weight excluding hydrogens is 390 g/mol. The molecular formula is C21H33N3O4S. The molecule has 0 heterocycles. The van der Waals surface area contributed by atoms with Gasteiger partial charge in [-0.25, -0.2) is 13.8 Å². The predicted molar refractivity (Wildman–Crippen MR) is 117 cm³/mol. The molecule has 2 rings (SSSR count). The van der Waals surface area contributed by atoms with Crippen LogP contribution in [0.15, 0.2) is 29.4 Å². The molecule has 1 amide bonds. The number of methoxy groups -OCH3 is 1. The number of ether oxygens (including phenoxy) is 1. The summed E-state index contributed by atoms with van der Waals surface area (Å²) in [5.41, 5.74) is 4.20. The zero-order valence-corrected chi connectivity index (χ0v) is 19.0. The van der Waals surface area contributed by atoms with Crippen LogP contribution in [0.4, 0.5) is 5.69 Å². The molecule has 1 aromatic rings. The van der Waals surface area contributed by atoms with Gasteiger partial charge >= 0.3 is 0 Å². The Morgan fingerprint density at radius 2 is 1.76 bits per heavy atom. The number of anilines is 1. The molecule has 162 valence electrons. The molecule has 1 fully saturated rings. The third-order valence-corrected chi connectivity index (χ3v) is 6.77. The first-order valence-electron chi connectivity index (χ1n) is 9.92. The maximum absolute atomic E-state index is 12.6. The van der Waals surface area contributed by atoms with Crippen molar-refractivity contribution in [2.24, 2.45) is 16.4 Å². The molecule has 1 aliphatic carbocycles. The van der Waals surface area contributed by atoms with Crippen LogP contribution in [-0.4, -0.2) is 39.4 Å². The lowest BCUT2D eigenvalue weighted by molar-refractivity contribution is -0.121. The van der Waals surface area contributed by atoms with Gasteiger partial charge in [-0.05, 0) is 68.2 Å². The molecule has 1 atom stereocenters. The summed E-state index contributed by atoms with van der Waals surface area (Å²) in [5.74, 6) is 0.792. The fraction of sp³-hybridized carbons (Fsp3) is 0.619. The van der Waals surface area contributed by atoms with Gasteiger partial charge in [0.1, 0.15) is 11.8 Å². The Labute approximate surface area is 174 Å². The Kier molecular flexibility index (Phi) is 7.32. The van der Waals surface area contributed by atoms with Crippen LogP contribution < -0.4 is 14.5 Å². The van der Waals surface area contributed by atoms with Gasteiger partial charge in [-0.15, -0.1) is 0 Å². The average molecular weight is 424 g/mol. The monoisotopic (exact) mass is 423 g/mol. The van der Waals surface area contributed by atoms with E-state index in [2.05, 4.69) is 31.3 Å². The van der Waals surface area contributed by atoms with Crippen molar-refractivity contribution in [3.8, 4) is 5.75 Å². The van der Waals surface area contributed by atoms with Crippen LogP contribution in [0, 0.1) is 11.3 Å². The first-order valence-corrected chi connectivity index (χ1v) is 11.8. The van der Waals surface area contributed by atoms with Gasteiger partial charge in [-0.2, -0.15) is 5.10 Å². The SMILES string of the molecule is COc1ccc(N([C@@H](C)C(=O)NN=C2CCC(C(C)(C)C)CC2)S(C)(=O)=O)cc1. The van der Waals surface area contributed by atoms with Crippen LogP contribution in [0.1, 0.15) is 53.4 Å². The fourth-order valence-electron chi connectivity index (χ4n) is 3.69. The van der Waals surface area contributed by atoms with Crippen LogP contribution >= 0.6 is 0 Å². The third-order valence-electron chi connectivity index (χ3n) is 5.53. The van der Waals surface area contributed by atoms with Crippen molar-refractivity contribution >= 4 is 27.3 Å². The number of carbonyl (C=O) groups excluding carboxylic acids is 1. The van der Waals surface area contributed by atoms with E-state index >= 15 is 0 Å². The van der Waals surface area contributed by atoms with Gasteiger partial charge in [0.25, 0.3) is 5.91 Å². The van der Waals surface area contributed by atoms with Gasteiger partial charge in [0.2, 0.25) is 10.0 Å². The maximum Gasteiger partial charge on any atom is 0.263 e. The number of nitrogens with zero attached hydrogens (tertiary/aromatic N) is 2. The Bertz CT molecular complexity index is 832. The Morgan fingerprint density at radius 3 is 2.21 bits per heavy atom. The highest BCUT2D eigenvalue weighted by atomic mass is 32.2. The highest BCUT2D eigenvalue weighted by molar-refractivity contribution is 7.92. The van der Waals surface area contributed by atoms with E-state index in [1.807, 2.05) is 0 Å². The molecule has 29 heavy (non-hydrogen) atoms. The molecule has 0 saturated heterocycles. The van der Waals surface area contributed by atoms with E-state index in [1.54, 1.807) is 31.2 Å². The zero-order valence-electron chi connectivity index (χ0n) is 18.2. The standard InChI is InChI=1S/C21H33N3O4S/c1-15(24(29(6,26)27)18-11-13-19(28-5)14-12-18)20(25)23-22-17-9-7-16(8-10-17)21(2,3)4/h11-16H,7-10H2,1-6H3,(H,23,25)/t15-,16?/m0/s1. The molecule has 0 radical (unpaired) electrons. The Hall–Kier alpha value is -2.09. The fourth-order valence-corrected chi connectivity index (χ4v) is 4.87. The summed E-state index contributed by atoms with van der Waals surface area (Å²) in [6, 6.07) is 5.61. The molecule has 1 saturated carbocycles. The number of nitrogens with one attached hydrogen (secondary N) is 1. The van der Waals surface area contributed by atoms with Crippen molar-refractivity contribution in [2.75, 3.05) is 17.7 Å². The summed E-state index contributed by atoms with van der Waals surface area (Å²) in [4.78, 5) is 12.6. The zero-order chi connectivity index (χ0) is 21.8. The molecule has 0 unspecified atom stereocenters. The molecule has 1 N–H and O–H groups in total. The van der Waals surface area contributed by atoms with Gasteiger partial charge in [-0.3, -0.25) is 9.10 Å². The normalized spacial score (nSPS) is 18.7. The molecule has 0 aromatic heterocycles. The van der Waals surface area contributed by atoms with Crippen molar-refractivity contribution < 1.29 is 17.9 Å². The first kappa shape index (κ1) is 23.2. The van der Waals surface area contributed by atoms with Crippen molar-refractivity contribution in [3.05, 3.63) is 24.3 Å². The predicted octanol–water partition coefficient (Wildman–Crippen LogP) is 3.56. The molecule has 0 aliphatic heterocycles. The van der Waals surface area contributed by atoms with E-state index in [4.69, 9.17) is 4.74 Å². The van der Waals surface area contributed by atoms with E-state index in [0.717, 1.165) is 42.0 Å². The van der Waals surface area contributed by atoms with Crippen LogP contribution in [0.2, 0.25) is 0 Å². The highest BCUT2D eigenvalue weighted by Crippen LogP contribution is 2.36. The summed E-state index contributed by atoms with van der Waals surface area (Å²) >= 11 is 0. The van der Waals surface area contributed by atoms with Crippen molar-refractivity contribution in [2.45, 2.75) is 59.4 Å². The van der Waals surface area contributed by atoms with Crippen LogP contribution in [0.25, 0.3) is 0 Å². The topological polar surface area (TPSA) is 88.1 Å². The second-order valence-corrected chi connectivity index (χ2v) is 10.6. The van der Waals surface area contributed by atoms with Gasteiger partial charge in [0.15, 0.2) is 0 Å². The number of sulfonamides is 1. The maximum atomic E-state index is 12.6. The second kappa shape index (κ2) is 9.15. The molecule has 0 bridgehead atoms. The van der Waals surface area contributed by atoms with Crippen LogP contribution in [0.3, 0.4) is 0 Å². The van der Waals surface area contributed by atoms with E-state index in [-0.39, 0.29) is 5.41 Å². The molecule has 7 nitrogen and oxygen atoms in total. The van der Waals surface area contributed by atoms with Crippen molar-refractivity contribution in [1.29, 1.82) is 0 Å².